The first kappa shape index (κ1) is 17.7. The first-order valence-corrected chi connectivity index (χ1v) is 10.3. The Morgan fingerprint density at radius 2 is 2.07 bits per heavy atom. The quantitative estimate of drug-likeness (QED) is 0.704. The number of piperidine rings is 1. The summed E-state index contributed by atoms with van der Waals surface area (Å²) in [4.78, 5) is 19.2. The number of aromatic nitrogens is 3. The lowest BCUT2D eigenvalue weighted by Crippen LogP contribution is -2.35. The second kappa shape index (κ2) is 7.57. The van der Waals surface area contributed by atoms with Gasteiger partial charge < -0.3 is 4.90 Å². The van der Waals surface area contributed by atoms with E-state index in [4.69, 9.17) is 9.97 Å². The molecule has 5 rings (SSSR count). The molecule has 0 bridgehead atoms. The minimum atomic E-state index is 0.437. The van der Waals surface area contributed by atoms with E-state index in [2.05, 4.69) is 52.3 Å². The fraction of sp³-hybridized carbons (Fsp3) is 0.435. The van der Waals surface area contributed by atoms with Gasteiger partial charge in [0.1, 0.15) is 5.82 Å². The number of pyridine rings is 1. The van der Waals surface area contributed by atoms with Crippen LogP contribution in [0.2, 0.25) is 0 Å². The second-order valence-corrected chi connectivity index (χ2v) is 8.25. The summed E-state index contributed by atoms with van der Waals surface area (Å²) in [6.45, 7) is 5.21. The highest BCUT2D eigenvalue weighted by Gasteiger charge is 2.25. The number of benzene rings is 1. The Balaban J connectivity index is 1.34. The number of fused-ring (bicyclic) bond motifs is 2. The van der Waals surface area contributed by atoms with Crippen LogP contribution in [0.5, 0.6) is 0 Å². The van der Waals surface area contributed by atoms with Gasteiger partial charge in [-0.1, -0.05) is 18.2 Å². The van der Waals surface area contributed by atoms with Gasteiger partial charge in [0.15, 0.2) is 0 Å². The fourth-order valence-electron chi connectivity index (χ4n) is 4.63. The number of likely N-dealkylation sites (N-methyl/N-ethyl adjacent to an activating group) is 1. The van der Waals surface area contributed by atoms with Crippen molar-refractivity contribution in [1.29, 1.82) is 0 Å². The molecule has 0 N–H and O–H groups in total. The highest BCUT2D eigenvalue weighted by molar-refractivity contribution is 5.81. The van der Waals surface area contributed by atoms with E-state index in [0.29, 0.717) is 5.92 Å². The zero-order valence-corrected chi connectivity index (χ0v) is 16.5. The summed E-state index contributed by atoms with van der Waals surface area (Å²) in [5, 5.41) is 1.27. The first-order chi connectivity index (χ1) is 13.8. The van der Waals surface area contributed by atoms with E-state index in [0.717, 1.165) is 50.5 Å². The van der Waals surface area contributed by atoms with Crippen molar-refractivity contribution in [3.05, 3.63) is 65.4 Å². The first-order valence-electron chi connectivity index (χ1n) is 10.3. The van der Waals surface area contributed by atoms with Gasteiger partial charge in [-0.15, -0.1) is 0 Å². The molecule has 0 spiro atoms. The lowest BCUT2D eigenvalue weighted by molar-refractivity contribution is 0.196. The summed E-state index contributed by atoms with van der Waals surface area (Å²) in [7, 11) is 2.17. The summed E-state index contributed by atoms with van der Waals surface area (Å²) in [5.41, 5.74) is 5.01. The van der Waals surface area contributed by atoms with Gasteiger partial charge in [-0.05, 0) is 44.1 Å². The number of rotatable bonds is 3. The van der Waals surface area contributed by atoms with Gasteiger partial charge >= 0.3 is 0 Å². The maximum atomic E-state index is 4.99. The van der Waals surface area contributed by atoms with Crippen molar-refractivity contribution < 1.29 is 0 Å². The number of nitrogens with zero attached hydrogens (tertiary/aromatic N) is 5. The Kier molecular flexibility index (Phi) is 4.79. The third-order valence-electron chi connectivity index (χ3n) is 6.14. The number of hydrogen-bond donors (Lipinski definition) is 0. The molecule has 5 nitrogen and oxygen atoms in total. The minimum absolute atomic E-state index is 0.437. The van der Waals surface area contributed by atoms with E-state index in [1.165, 1.54) is 35.0 Å². The maximum Gasteiger partial charge on any atom is 0.132 e. The monoisotopic (exact) mass is 373 g/mol. The van der Waals surface area contributed by atoms with E-state index in [1.54, 1.807) is 0 Å². The van der Waals surface area contributed by atoms with Crippen LogP contribution in [0.3, 0.4) is 0 Å². The molecule has 1 saturated heterocycles. The number of hydrogen-bond acceptors (Lipinski definition) is 5. The maximum absolute atomic E-state index is 4.99. The second-order valence-electron chi connectivity index (χ2n) is 8.25. The Labute approximate surface area is 166 Å². The van der Waals surface area contributed by atoms with Crippen LogP contribution >= 0.6 is 0 Å². The average molecular weight is 374 g/mol. The Hall–Kier alpha value is -2.37. The zero-order chi connectivity index (χ0) is 18.9. The van der Waals surface area contributed by atoms with Crippen LogP contribution in [-0.4, -0.2) is 51.4 Å². The molecular formula is C23H27N5. The molecule has 5 heteroatoms. The molecule has 2 aliphatic rings. The lowest BCUT2D eigenvalue weighted by Gasteiger charge is -2.33. The summed E-state index contributed by atoms with van der Waals surface area (Å²) >= 11 is 0. The summed E-state index contributed by atoms with van der Waals surface area (Å²) < 4.78 is 0. The van der Waals surface area contributed by atoms with Gasteiger partial charge in [-0.3, -0.25) is 9.88 Å². The van der Waals surface area contributed by atoms with Crippen molar-refractivity contribution in [2.24, 2.45) is 0 Å². The van der Waals surface area contributed by atoms with E-state index in [-0.39, 0.29) is 0 Å². The molecule has 1 atom stereocenters. The summed E-state index contributed by atoms with van der Waals surface area (Å²) in [6.07, 6.45) is 7.38. The molecule has 144 valence electrons. The van der Waals surface area contributed by atoms with Crippen LogP contribution in [0.4, 0.5) is 0 Å². The Bertz CT molecular complexity index is 980. The van der Waals surface area contributed by atoms with Crippen molar-refractivity contribution in [2.45, 2.75) is 38.3 Å². The largest absolute Gasteiger partial charge is 0.302 e. The molecule has 1 fully saturated rings. The molecule has 4 heterocycles. The number of likely N-dealkylation sites (tertiary alicyclic amines) is 1. The predicted molar refractivity (Wildman–Crippen MR) is 111 cm³/mol. The fourth-order valence-corrected chi connectivity index (χ4v) is 4.63. The molecule has 2 aliphatic heterocycles. The summed E-state index contributed by atoms with van der Waals surface area (Å²) in [5.74, 6) is 1.49. The van der Waals surface area contributed by atoms with Crippen LogP contribution in [0, 0.1) is 0 Å². The molecule has 0 aliphatic carbocycles. The van der Waals surface area contributed by atoms with Crippen LogP contribution in [0.25, 0.3) is 10.9 Å². The van der Waals surface area contributed by atoms with Crippen molar-refractivity contribution in [1.82, 2.24) is 24.8 Å². The van der Waals surface area contributed by atoms with E-state index in [9.17, 15) is 0 Å². The molecule has 1 aromatic carbocycles. The van der Waals surface area contributed by atoms with Gasteiger partial charge in [0.05, 0.1) is 5.52 Å². The Morgan fingerprint density at radius 1 is 1.11 bits per heavy atom. The molecule has 0 radical (unpaired) electrons. The molecule has 2 aromatic heterocycles. The van der Waals surface area contributed by atoms with Crippen molar-refractivity contribution >= 4 is 10.9 Å². The van der Waals surface area contributed by atoms with Crippen LogP contribution in [-0.2, 0) is 19.5 Å². The molecule has 0 amide bonds. The van der Waals surface area contributed by atoms with Crippen molar-refractivity contribution in [2.75, 3.05) is 26.7 Å². The topological polar surface area (TPSA) is 45.2 Å². The Morgan fingerprint density at radius 3 is 3.04 bits per heavy atom. The molecule has 28 heavy (non-hydrogen) atoms. The van der Waals surface area contributed by atoms with Gasteiger partial charge in [0.2, 0.25) is 0 Å². The minimum Gasteiger partial charge on any atom is -0.302 e. The smallest absolute Gasteiger partial charge is 0.132 e. The van der Waals surface area contributed by atoms with Gasteiger partial charge in [0.25, 0.3) is 0 Å². The van der Waals surface area contributed by atoms with Crippen molar-refractivity contribution in [3.63, 3.8) is 0 Å². The van der Waals surface area contributed by atoms with E-state index in [1.807, 2.05) is 12.3 Å². The third kappa shape index (κ3) is 3.52. The average Bonchev–Trinajstić information content (AvgIpc) is 2.74. The standard InChI is InChI=1S/C23H27N5/c1-27-12-9-21-19(14-27)13-25-23(26-21)18-6-4-11-28(16-18)15-17-5-2-8-22-20(17)7-3-10-24-22/h2-3,5,7-8,10,13,18H,4,6,9,11-12,14-16H2,1H3/t18-/m0/s1. The highest BCUT2D eigenvalue weighted by atomic mass is 15.1. The molecule has 0 unspecified atom stereocenters. The van der Waals surface area contributed by atoms with E-state index >= 15 is 0 Å². The van der Waals surface area contributed by atoms with Crippen LogP contribution in [0.1, 0.15) is 41.4 Å². The third-order valence-corrected chi connectivity index (χ3v) is 6.14. The SMILES string of the molecule is CN1CCc2nc([C@H]3CCCN(Cc4cccc5ncccc45)C3)ncc2C1. The van der Waals surface area contributed by atoms with Gasteiger partial charge in [-0.25, -0.2) is 9.97 Å². The zero-order valence-electron chi connectivity index (χ0n) is 16.5. The van der Waals surface area contributed by atoms with Gasteiger partial charge in [-0.2, -0.15) is 0 Å². The molecular weight excluding hydrogens is 346 g/mol. The van der Waals surface area contributed by atoms with Crippen LogP contribution < -0.4 is 0 Å². The van der Waals surface area contributed by atoms with Gasteiger partial charge in [0, 0.05) is 67.6 Å². The predicted octanol–water partition coefficient (Wildman–Crippen LogP) is 3.39. The van der Waals surface area contributed by atoms with Crippen molar-refractivity contribution in [3.8, 4) is 0 Å². The van der Waals surface area contributed by atoms with Crippen LogP contribution in [0.15, 0.2) is 42.7 Å². The lowest BCUT2D eigenvalue weighted by atomic mass is 9.95. The summed E-state index contributed by atoms with van der Waals surface area (Å²) in [6, 6.07) is 10.7. The molecule has 0 saturated carbocycles. The highest BCUT2D eigenvalue weighted by Crippen LogP contribution is 2.28. The van der Waals surface area contributed by atoms with E-state index < -0.39 is 0 Å². The molecule has 3 aromatic rings. The normalized spacial score (nSPS) is 21.0.